The number of nitrogens with zero attached hydrogens (tertiary/aromatic N) is 1. The quantitative estimate of drug-likeness (QED) is 0.225. The van der Waals surface area contributed by atoms with Crippen LogP contribution in [-0.2, 0) is 16.0 Å². The van der Waals surface area contributed by atoms with E-state index in [1.54, 1.807) is 12.1 Å². The first kappa shape index (κ1) is 30.1. The zero-order valence-corrected chi connectivity index (χ0v) is 26.1. The number of benzene rings is 3. The van der Waals surface area contributed by atoms with Crippen molar-refractivity contribution in [2.24, 2.45) is 11.3 Å². The second-order valence-corrected chi connectivity index (χ2v) is 13.0. The number of hydrogen-bond acceptors (Lipinski definition) is 4. The van der Waals surface area contributed by atoms with Crippen molar-refractivity contribution >= 4 is 74.9 Å². The van der Waals surface area contributed by atoms with Crippen LogP contribution in [0.25, 0.3) is 22.6 Å². The molecule has 5 nitrogen and oxygen atoms in total. The largest absolute Gasteiger partial charge is 0.449 e. The number of anilines is 1. The van der Waals surface area contributed by atoms with E-state index in [2.05, 4.69) is 32.2 Å². The third-order valence-electron chi connectivity index (χ3n) is 7.70. The van der Waals surface area contributed by atoms with Gasteiger partial charge in [-0.1, -0.05) is 85.9 Å². The molecule has 4 aromatic rings. The van der Waals surface area contributed by atoms with E-state index in [4.69, 9.17) is 44.5 Å². The number of fused-ring (bicyclic) bond motifs is 2. The summed E-state index contributed by atoms with van der Waals surface area (Å²) in [4.78, 5) is 32.0. The fourth-order valence-corrected chi connectivity index (χ4v) is 5.81. The maximum Gasteiger partial charge on any atom is 0.339 e. The van der Waals surface area contributed by atoms with E-state index >= 15 is 0 Å². The van der Waals surface area contributed by atoms with Gasteiger partial charge < -0.3 is 10.1 Å². The molecule has 42 heavy (non-hydrogen) atoms. The monoisotopic (exact) mass is 620 g/mol. The minimum absolute atomic E-state index is 0.0331. The highest BCUT2D eigenvalue weighted by atomic mass is 35.5. The number of pyridine rings is 1. The van der Waals surface area contributed by atoms with E-state index in [0.717, 1.165) is 28.8 Å². The van der Waals surface area contributed by atoms with Gasteiger partial charge in [0.2, 0.25) is 0 Å². The molecule has 0 spiro atoms. The second-order valence-electron chi connectivity index (χ2n) is 11.7. The Labute approximate surface area is 260 Å². The smallest absolute Gasteiger partial charge is 0.339 e. The number of nitrogens with one attached hydrogen (secondary N) is 1. The van der Waals surface area contributed by atoms with Gasteiger partial charge in [-0.3, -0.25) is 4.79 Å². The first-order chi connectivity index (χ1) is 19.9. The van der Waals surface area contributed by atoms with Crippen molar-refractivity contribution in [1.29, 1.82) is 0 Å². The number of amides is 1. The summed E-state index contributed by atoms with van der Waals surface area (Å²) in [5, 5.41) is 4.81. The Kier molecular flexibility index (Phi) is 8.66. The van der Waals surface area contributed by atoms with Gasteiger partial charge in [-0.15, -0.1) is 0 Å². The van der Waals surface area contributed by atoms with Gasteiger partial charge in [-0.05, 0) is 90.3 Å². The minimum atomic E-state index is -1.09. The summed E-state index contributed by atoms with van der Waals surface area (Å²) in [6, 6.07) is 20.0. The van der Waals surface area contributed by atoms with E-state index < -0.39 is 18.0 Å². The molecular weight excluding hydrogens is 591 g/mol. The van der Waals surface area contributed by atoms with Crippen LogP contribution >= 0.6 is 34.8 Å². The highest BCUT2D eigenvalue weighted by Gasteiger charge is 2.36. The standard InChI is InChI=1S/C34H31Cl3N2O3/c1-19(32(40)39-29-14-13-24(36)18-27(29)37)42-33(41)30-25-7-5-6-8-28(25)38-31-21(15-20-9-11-23(35)12-10-20)16-22(17-26(30)31)34(2,3)4/h5-15,18-19,22H,16-17H2,1-4H3,(H,39,40)/b21-15-. The van der Waals surface area contributed by atoms with Crippen LogP contribution in [0.1, 0.15) is 61.3 Å². The molecule has 5 rings (SSSR count). The maximum atomic E-state index is 14.0. The molecule has 1 N–H and O–H groups in total. The molecule has 0 fully saturated rings. The van der Waals surface area contributed by atoms with E-state index in [-0.39, 0.29) is 16.4 Å². The molecule has 216 valence electrons. The van der Waals surface area contributed by atoms with Gasteiger partial charge >= 0.3 is 5.97 Å². The van der Waals surface area contributed by atoms with Crippen LogP contribution in [0.4, 0.5) is 5.69 Å². The number of carbonyl (C=O) groups is 2. The molecule has 0 saturated heterocycles. The fraction of sp³-hybridized carbons (Fsp3) is 0.265. The topological polar surface area (TPSA) is 68.3 Å². The molecule has 8 heteroatoms. The van der Waals surface area contributed by atoms with Crippen LogP contribution in [-0.4, -0.2) is 23.0 Å². The number of ether oxygens (including phenoxy) is 1. The highest BCUT2D eigenvalue weighted by molar-refractivity contribution is 6.36. The normalized spacial score (nSPS) is 16.6. The number of allylic oxidation sites excluding steroid dienone is 1. The number of carbonyl (C=O) groups excluding carboxylic acids is 2. The maximum absolute atomic E-state index is 14.0. The summed E-state index contributed by atoms with van der Waals surface area (Å²) in [6.07, 6.45) is 2.49. The SMILES string of the molecule is CC(OC(=O)c1c2c(nc3ccccc13)/C(=C\c1ccc(Cl)cc1)CC(C(C)(C)C)C2)C(=O)Nc1ccc(Cl)cc1Cl. The van der Waals surface area contributed by atoms with Gasteiger partial charge in [0.05, 0.1) is 27.5 Å². The van der Waals surface area contributed by atoms with Gasteiger partial charge in [-0.25, -0.2) is 9.78 Å². The van der Waals surface area contributed by atoms with Gasteiger partial charge in [-0.2, -0.15) is 0 Å². The Morgan fingerprint density at radius 2 is 1.67 bits per heavy atom. The van der Waals surface area contributed by atoms with E-state index in [1.807, 2.05) is 48.5 Å². The molecule has 1 aromatic heterocycles. The molecule has 1 heterocycles. The van der Waals surface area contributed by atoms with Crippen LogP contribution in [0.5, 0.6) is 0 Å². The molecule has 1 aliphatic rings. The Morgan fingerprint density at radius 3 is 2.36 bits per heavy atom. The Hall–Kier alpha value is -3.38. The molecule has 1 amide bonds. The number of rotatable bonds is 5. The predicted molar refractivity (Wildman–Crippen MR) is 172 cm³/mol. The third-order valence-corrected chi connectivity index (χ3v) is 8.50. The Bertz CT molecular complexity index is 1710. The molecule has 0 saturated carbocycles. The summed E-state index contributed by atoms with van der Waals surface area (Å²) in [7, 11) is 0. The van der Waals surface area contributed by atoms with Crippen molar-refractivity contribution < 1.29 is 14.3 Å². The number of aromatic nitrogens is 1. The lowest BCUT2D eigenvalue weighted by Crippen LogP contribution is -2.32. The van der Waals surface area contributed by atoms with Gasteiger partial charge in [0.25, 0.3) is 5.91 Å². The minimum Gasteiger partial charge on any atom is -0.449 e. The predicted octanol–water partition coefficient (Wildman–Crippen LogP) is 9.53. The first-order valence-electron chi connectivity index (χ1n) is 13.8. The van der Waals surface area contributed by atoms with Crippen molar-refractivity contribution in [3.8, 4) is 0 Å². The number of halogens is 3. The van der Waals surface area contributed by atoms with Crippen LogP contribution in [0.3, 0.4) is 0 Å². The van der Waals surface area contributed by atoms with Crippen LogP contribution in [0.2, 0.25) is 15.1 Å². The lowest BCUT2D eigenvalue weighted by molar-refractivity contribution is -0.123. The van der Waals surface area contributed by atoms with Crippen molar-refractivity contribution in [2.75, 3.05) is 5.32 Å². The van der Waals surface area contributed by atoms with Crippen molar-refractivity contribution in [2.45, 2.75) is 46.6 Å². The second kappa shape index (κ2) is 12.1. The van der Waals surface area contributed by atoms with E-state index in [9.17, 15) is 9.59 Å². The summed E-state index contributed by atoms with van der Waals surface area (Å²) in [5.41, 5.74) is 5.13. The van der Waals surface area contributed by atoms with E-state index in [1.165, 1.54) is 13.0 Å². The van der Waals surface area contributed by atoms with Gasteiger partial charge in [0, 0.05) is 15.4 Å². The summed E-state index contributed by atoms with van der Waals surface area (Å²) in [6.45, 7) is 8.17. The Morgan fingerprint density at radius 1 is 0.976 bits per heavy atom. The summed E-state index contributed by atoms with van der Waals surface area (Å²) < 4.78 is 5.81. The van der Waals surface area contributed by atoms with E-state index in [0.29, 0.717) is 38.6 Å². The number of hydrogen-bond donors (Lipinski definition) is 1. The fourth-order valence-electron chi connectivity index (χ4n) is 5.23. The summed E-state index contributed by atoms with van der Waals surface area (Å²) >= 11 is 18.3. The average Bonchev–Trinajstić information content (AvgIpc) is 2.93. The molecule has 0 bridgehead atoms. The molecule has 2 unspecified atom stereocenters. The number of esters is 1. The zero-order valence-electron chi connectivity index (χ0n) is 23.8. The van der Waals surface area contributed by atoms with Crippen LogP contribution in [0.15, 0.2) is 66.7 Å². The lowest BCUT2D eigenvalue weighted by Gasteiger charge is -2.36. The van der Waals surface area contributed by atoms with Crippen molar-refractivity contribution in [3.05, 3.63) is 104 Å². The molecule has 0 radical (unpaired) electrons. The number of para-hydroxylation sites is 1. The van der Waals surface area contributed by atoms with Crippen molar-refractivity contribution in [1.82, 2.24) is 4.98 Å². The van der Waals surface area contributed by atoms with Gasteiger partial charge in [0.1, 0.15) is 0 Å². The molecule has 2 atom stereocenters. The zero-order chi connectivity index (χ0) is 30.2. The Balaban J connectivity index is 1.56. The summed E-state index contributed by atoms with van der Waals surface area (Å²) in [5.74, 6) is -0.836. The highest BCUT2D eigenvalue weighted by Crippen LogP contribution is 2.45. The van der Waals surface area contributed by atoms with Gasteiger partial charge in [0.15, 0.2) is 6.10 Å². The molecular formula is C34H31Cl3N2O3. The lowest BCUT2D eigenvalue weighted by atomic mass is 9.69. The van der Waals surface area contributed by atoms with Crippen LogP contribution < -0.4 is 5.32 Å². The molecule has 1 aliphatic carbocycles. The first-order valence-corrected chi connectivity index (χ1v) is 14.9. The molecule has 0 aliphatic heterocycles. The average molecular weight is 622 g/mol. The molecule has 3 aromatic carbocycles. The third kappa shape index (κ3) is 6.49. The van der Waals surface area contributed by atoms with Crippen molar-refractivity contribution in [3.63, 3.8) is 0 Å². The van der Waals surface area contributed by atoms with Crippen LogP contribution in [0, 0.1) is 11.3 Å².